The minimum absolute atomic E-state index is 0.0237. The molecule has 2 N–H and O–H groups in total. The Morgan fingerprint density at radius 3 is 2.60 bits per heavy atom. The van der Waals surface area contributed by atoms with E-state index >= 15 is 0 Å². The molecule has 2 rings (SSSR count). The van der Waals surface area contributed by atoms with Gasteiger partial charge in [0.25, 0.3) is 0 Å². The third-order valence-electron chi connectivity index (χ3n) is 4.20. The van der Waals surface area contributed by atoms with Crippen molar-refractivity contribution in [2.45, 2.75) is 51.5 Å². The van der Waals surface area contributed by atoms with Crippen molar-refractivity contribution < 1.29 is 4.79 Å². The van der Waals surface area contributed by atoms with Crippen molar-refractivity contribution in [1.29, 1.82) is 0 Å². The molecule has 1 saturated carbocycles. The number of hydrogen-bond donors (Lipinski definition) is 1. The second-order valence-electron chi connectivity index (χ2n) is 5.14. The molecule has 1 saturated heterocycles. The Morgan fingerprint density at radius 2 is 2.13 bits per heavy atom. The molecule has 0 aromatic carbocycles. The fourth-order valence-electron chi connectivity index (χ4n) is 3.08. The maximum Gasteiger partial charge on any atom is 0.228 e. The minimum atomic E-state index is -0.0237. The van der Waals surface area contributed by atoms with Crippen LogP contribution in [0.2, 0.25) is 0 Å². The van der Waals surface area contributed by atoms with Crippen molar-refractivity contribution in [3.63, 3.8) is 0 Å². The van der Waals surface area contributed by atoms with Crippen molar-refractivity contribution in [1.82, 2.24) is 4.90 Å². The molecule has 0 aromatic rings. The molecule has 1 amide bonds. The summed E-state index contributed by atoms with van der Waals surface area (Å²) in [7, 11) is 0. The van der Waals surface area contributed by atoms with Gasteiger partial charge in [-0.05, 0) is 25.7 Å². The van der Waals surface area contributed by atoms with Gasteiger partial charge in [0.1, 0.15) is 0 Å². The lowest BCUT2D eigenvalue weighted by Gasteiger charge is -2.31. The smallest absolute Gasteiger partial charge is 0.228 e. The number of carbonyl (C=O) groups is 1. The Hall–Kier alpha value is -0.570. The van der Waals surface area contributed by atoms with Crippen LogP contribution in [-0.4, -0.2) is 29.9 Å². The third kappa shape index (κ3) is 1.89. The summed E-state index contributed by atoms with van der Waals surface area (Å²) in [6.07, 6.45) is 6.60. The van der Waals surface area contributed by atoms with E-state index in [-0.39, 0.29) is 11.5 Å². The lowest BCUT2D eigenvalue weighted by Crippen LogP contribution is -2.42. The standard InChI is InChI=1S/C12H22N2O/c1-2-12(6-3-4-7-12)11(15)14-8-5-10(13)9-14/h10H,2-9,13H2,1H3/t10-/m1/s1. The summed E-state index contributed by atoms with van der Waals surface area (Å²) < 4.78 is 0. The topological polar surface area (TPSA) is 46.3 Å². The number of rotatable bonds is 2. The molecule has 0 unspecified atom stereocenters. The third-order valence-corrected chi connectivity index (χ3v) is 4.20. The predicted molar refractivity (Wildman–Crippen MR) is 60.4 cm³/mol. The summed E-state index contributed by atoms with van der Waals surface area (Å²) in [4.78, 5) is 14.4. The van der Waals surface area contributed by atoms with E-state index in [0.29, 0.717) is 5.91 Å². The second-order valence-corrected chi connectivity index (χ2v) is 5.14. The van der Waals surface area contributed by atoms with Crippen molar-refractivity contribution >= 4 is 5.91 Å². The molecule has 0 aromatic heterocycles. The highest BCUT2D eigenvalue weighted by Crippen LogP contribution is 2.42. The fourth-order valence-corrected chi connectivity index (χ4v) is 3.08. The van der Waals surface area contributed by atoms with Crippen LogP contribution >= 0.6 is 0 Å². The van der Waals surface area contributed by atoms with Gasteiger partial charge in [0.15, 0.2) is 0 Å². The Balaban J connectivity index is 2.05. The summed E-state index contributed by atoms with van der Waals surface area (Å²) >= 11 is 0. The van der Waals surface area contributed by atoms with E-state index in [1.54, 1.807) is 0 Å². The monoisotopic (exact) mass is 210 g/mol. The zero-order valence-corrected chi connectivity index (χ0v) is 9.67. The summed E-state index contributed by atoms with van der Waals surface area (Å²) in [6, 6.07) is 0.212. The van der Waals surface area contributed by atoms with Crippen LogP contribution in [0.15, 0.2) is 0 Å². The van der Waals surface area contributed by atoms with Crippen LogP contribution in [0, 0.1) is 5.41 Å². The van der Waals surface area contributed by atoms with Gasteiger partial charge >= 0.3 is 0 Å². The van der Waals surface area contributed by atoms with Gasteiger partial charge in [-0.25, -0.2) is 0 Å². The van der Waals surface area contributed by atoms with E-state index in [1.165, 1.54) is 12.8 Å². The molecule has 1 aliphatic carbocycles. The van der Waals surface area contributed by atoms with Gasteiger partial charge in [0, 0.05) is 24.5 Å². The molecule has 15 heavy (non-hydrogen) atoms. The summed E-state index contributed by atoms with van der Waals surface area (Å²) in [5.74, 6) is 0.385. The molecule has 3 nitrogen and oxygen atoms in total. The molecular weight excluding hydrogens is 188 g/mol. The molecule has 1 aliphatic heterocycles. The molecule has 2 fully saturated rings. The highest BCUT2D eigenvalue weighted by atomic mass is 16.2. The lowest BCUT2D eigenvalue weighted by atomic mass is 9.82. The van der Waals surface area contributed by atoms with E-state index in [0.717, 1.165) is 38.8 Å². The van der Waals surface area contributed by atoms with Gasteiger partial charge in [-0.3, -0.25) is 4.79 Å². The van der Waals surface area contributed by atoms with Gasteiger partial charge in [-0.1, -0.05) is 19.8 Å². The van der Waals surface area contributed by atoms with Crippen LogP contribution < -0.4 is 5.73 Å². The largest absolute Gasteiger partial charge is 0.341 e. The number of nitrogens with zero attached hydrogens (tertiary/aromatic N) is 1. The highest BCUT2D eigenvalue weighted by molar-refractivity contribution is 5.83. The first-order chi connectivity index (χ1) is 7.18. The van der Waals surface area contributed by atoms with Gasteiger partial charge in [-0.2, -0.15) is 0 Å². The Morgan fingerprint density at radius 1 is 1.47 bits per heavy atom. The van der Waals surface area contributed by atoms with Gasteiger partial charge in [0.05, 0.1) is 0 Å². The van der Waals surface area contributed by atoms with Crippen molar-refractivity contribution in [3.05, 3.63) is 0 Å². The second kappa shape index (κ2) is 4.12. The van der Waals surface area contributed by atoms with Crippen LogP contribution in [0.1, 0.15) is 45.4 Å². The first-order valence-electron chi connectivity index (χ1n) is 6.23. The van der Waals surface area contributed by atoms with Crippen LogP contribution in [0.4, 0.5) is 0 Å². The summed E-state index contributed by atoms with van der Waals surface area (Å²) in [6.45, 7) is 3.81. The average Bonchev–Trinajstić information content (AvgIpc) is 2.86. The first kappa shape index (κ1) is 10.9. The van der Waals surface area contributed by atoms with Crippen molar-refractivity contribution in [3.8, 4) is 0 Å². The van der Waals surface area contributed by atoms with E-state index in [2.05, 4.69) is 6.92 Å². The molecule has 1 atom stereocenters. The quantitative estimate of drug-likeness (QED) is 0.751. The molecular formula is C12H22N2O. The number of carbonyl (C=O) groups excluding carboxylic acids is 1. The summed E-state index contributed by atoms with van der Waals surface area (Å²) in [5, 5.41) is 0. The molecule has 0 radical (unpaired) electrons. The van der Waals surface area contributed by atoms with E-state index in [1.807, 2.05) is 4.90 Å². The molecule has 3 heteroatoms. The van der Waals surface area contributed by atoms with Crippen LogP contribution in [0.25, 0.3) is 0 Å². The zero-order chi connectivity index (χ0) is 10.9. The molecule has 0 spiro atoms. The number of nitrogens with two attached hydrogens (primary N) is 1. The van der Waals surface area contributed by atoms with Crippen LogP contribution in [0.3, 0.4) is 0 Å². The average molecular weight is 210 g/mol. The molecule has 86 valence electrons. The Labute approximate surface area is 92.0 Å². The van der Waals surface area contributed by atoms with Gasteiger partial charge < -0.3 is 10.6 Å². The molecule has 0 bridgehead atoms. The van der Waals surface area contributed by atoms with Gasteiger partial charge in [0.2, 0.25) is 5.91 Å². The Bertz CT molecular complexity index is 246. The van der Waals surface area contributed by atoms with Crippen LogP contribution in [0.5, 0.6) is 0 Å². The number of likely N-dealkylation sites (tertiary alicyclic amines) is 1. The zero-order valence-electron chi connectivity index (χ0n) is 9.67. The maximum absolute atomic E-state index is 12.4. The minimum Gasteiger partial charge on any atom is -0.341 e. The van der Waals surface area contributed by atoms with E-state index < -0.39 is 0 Å². The fraction of sp³-hybridized carbons (Fsp3) is 0.917. The van der Waals surface area contributed by atoms with Crippen molar-refractivity contribution in [2.75, 3.05) is 13.1 Å². The van der Waals surface area contributed by atoms with Crippen LogP contribution in [-0.2, 0) is 4.79 Å². The molecule has 2 aliphatic rings. The number of amides is 1. The van der Waals surface area contributed by atoms with Crippen molar-refractivity contribution in [2.24, 2.45) is 11.1 Å². The Kier molecular flexibility index (Phi) is 3.01. The van der Waals surface area contributed by atoms with E-state index in [9.17, 15) is 4.79 Å². The summed E-state index contributed by atoms with van der Waals surface area (Å²) in [5.41, 5.74) is 5.83. The lowest BCUT2D eigenvalue weighted by molar-refractivity contribution is -0.141. The van der Waals surface area contributed by atoms with Gasteiger partial charge in [-0.15, -0.1) is 0 Å². The SMILES string of the molecule is CCC1(C(=O)N2CC[C@@H](N)C2)CCCC1. The predicted octanol–water partition coefficient (Wildman–Crippen LogP) is 1.52. The highest BCUT2D eigenvalue weighted by Gasteiger charge is 2.42. The maximum atomic E-state index is 12.4. The first-order valence-corrected chi connectivity index (χ1v) is 6.23. The normalized spacial score (nSPS) is 29.7. The number of hydrogen-bond acceptors (Lipinski definition) is 2. The van der Waals surface area contributed by atoms with E-state index in [4.69, 9.17) is 5.73 Å². The molecule has 1 heterocycles.